The number of aryl methyl sites for hydroxylation is 1. The summed E-state index contributed by atoms with van der Waals surface area (Å²) >= 11 is 1.78. The SMILES string of the molecule is CSCCC(O)C1(CN)CCCc2ccccc21. The Morgan fingerprint density at radius 1 is 1.44 bits per heavy atom. The van der Waals surface area contributed by atoms with Gasteiger partial charge in [-0.1, -0.05) is 24.3 Å². The van der Waals surface area contributed by atoms with Gasteiger partial charge in [0.15, 0.2) is 0 Å². The molecule has 0 aliphatic heterocycles. The molecule has 1 aliphatic rings. The highest BCUT2D eigenvalue weighted by Crippen LogP contribution is 2.40. The van der Waals surface area contributed by atoms with Crippen LogP contribution in [0.25, 0.3) is 0 Å². The average molecular weight is 265 g/mol. The van der Waals surface area contributed by atoms with E-state index in [0.29, 0.717) is 6.54 Å². The first kappa shape index (κ1) is 13.9. The number of aliphatic hydroxyl groups excluding tert-OH is 1. The van der Waals surface area contributed by atoms with Crippen LogP contribution in [0.2, 0.25) is 0 Å². The number of hydrogen-bond acceptors (Lipinski definition) is 3. The normalized spacial score (nSPS) is 24.6. The minimum Gasteiger partial charge on any atom is -0.392 e. The molecule has 0 bridgehead atoms. The Balaban J connectivity index is 2.32. The van der Waals surface area contributed by atoms with E-state index in [2.05, 4.69) is 30.5 Å². The maximum atomic E-state index is 10.6. The van der Waals surface area contributed by atoms with Crippen molar-refractivity contribution >= 4 is 11.8 Å². The lowest BCUT2D eigenvalue weighted by molar-refractivity contribution is 0.0700. The summed E-state index contributed by atoms with van der Waals surface area (Å²) in [6.07, 6.45) is 5.84. The largest absolute Gasteiger partial charge is 0.392 e. The van der Waals surface area contributed by atoms with Crippen LogP contribution in [0.4, 0.5) is 0 Å². The molecular formula is C15H23NOS. The van der Waals surface area contributed by atoms with Crippen molar-refractivity contribution in [2.24, 2.45) is 5.73 Å². The van der Waals surface area contributed by atoms with Gasteiger partial charge in [-0.05, 0) is 48.8 Å². The van der Waals surface area contributed by atoms with Gasteiger partial charge in [-0.15, -0.1) is 0 Å². The summed E-state index contributed by atoms with van der Waals surface area (Å²) in [5, 5.41) is 10.6. The summed E-state index contributed by atoms with van der Waals surface area (Å²) in [6, 6.07) is 8.49. The number of aliphatic hydroxyl groups is 1. The van der Waals surface area contributed by atoms with Gasteiger partial charge >= 0.3 is 0 Å². The Morgan fingerprint density at radius 2 is 2.22 bits per heavy atom. The first-order chi connectivity index (χ1) is 8.74. The quantitative estimate of drug-likeness (QED) is 0.859. The van der Waals surface area contributed by atoms with Crippen molar-refractivity contribution in [3.05, 3.63) is 35.4 Å². The molecule has 1 aromatic carbocycles. The van der Waals surface area contributed by atoms with Crippen LogP contribution in [0, 0.1) is 0 Å². The van der Waals surface area contributed by atoms with E-state index in [4.69, 9.17) is 5.73 Å². The molecule has 2 nitrogen and oxygen atoms in total. The number of hydrogen-bond donors (Lipinski definition) is 2. The zero-order chi connectivity index (χ0) is 13.0. The molecule has 0 heterocycles. The third kappa shape index (κ3) is 2.44. The first-order valence-electron chi connectivity index (χ1n) is 6.70. The van der Waals surface area contributed by atoms with Gasteiger partial charge in [-0.3, -0.25) is 0 Å². The van der Waals surface area contributed by atoms with E-state index in [0.717, 1.165) is 31.4 Å². The molecule has 0 amide bonds. The average Bonchev–Trinajstić information content (AvgIpc) is 2.44. The molecular weight excluding hydrogens is 242 g/mol. The van der Waals surface area contributed by atoms with Gasteiger partial charge in [0.05, 0.1) is 6.10 Å². The molecule has 3 N–H and O–H groups in total. The van der Waals surface area contributed by atoms with Crippen LogP contribution >= 0.6 is 11.8 Å². The second-order valence-corrected chi connectivity index (χ2v) is 6.15. The minimum absolute atomic E-state index is 0.218. The van der Waals surface area contributed by atoms with E-state index in [-0.39, 0.29) is 11.5 Å². The standard InChI is InChI=1S/C15H23NOS/c1-18-10-8-14(17)15(11-16)9-4-6-12-5-2-3-7-13(12)15/h2-3,5,7,14,17H,4,6,8-11,16H2,1H3. The van der Waals surface area contributed by atoms with Crippen molar-refractivity contribution in [2.75, 3.05) is 18.6 Å². The number of thioether (sulfide) groups is 1. The van der Waals surface area contributed by atoms with Crippen LogP contribution in [0.3, 0.4) is 0 Å². The molecule has 2 atom stereocenters. The van der Waals surface area contributed by atoms with E-state index >= 15 is 0 Å². The van der Waals surface area contributed by atoms with Crippen molar-refractivity contribution in [3.63, 3.8) is 0 Å². The molecule has 2 unspecified atom stereocenters. The van der Waals surface area contributed by atoms with E-state index in [1.807, 2.05) is 0 Å². The van der Waals surface area contributed by atoms with Crippen molar-refractivity contribution in [2.45, 2.75) is 37.2 Å². The van der Waals surface area contributed by atoms with Crippen LogP contribution in [0.1, 0.15) is 30.4 Å². The zero-order valence-corrected chi connectivity index (χ0v) is 11.9. The molecule has 0 saturated carbocycles. The van der Waals surface area contributed by atoms with Crippen molar-refractivity contribution in [3.8, 4) is 0 Å². The molecule has 0 spiro atoms. The molecule has 0 fully saturated rings. The highest BCUT2D eigenvalue weighted by molar-refractivity contribution is 7.98. The van der Waals surface area contributed by atoms with E-state index < -0.39 is 0 Å². The minimum atomic E-state index is -0.323. The van der Waals surface area contributed by atoms with Gasteiger partial charge < -0.3 is 10.8 Å². The van der Waals surface area contributed by atoms with Gasteiger partial charge in [-0.2, -0.15) is 11.8 Å². The summed E-state index contributed by atoms with van der Waals surface area (Å²) in [5.41, 5.74) is 8.50. The van der Waals surface area contributed by atoms with Gasteiger partial charge in [0.25, 0.3) is 0 Å². The fourth-order valence-electron chi connectivity index (χ4n) is 3.15. The van der Waals surface area contributed by atoms with Crippen molar-refractivity contribution in [1.82, 2.24) is 0 Å². The highest BCUT2D eigenvalue weighted by atomic mass is 32.2. The Labute approximate surface area is 114 Å². The summed E-state index contributed by atoms with van der Waals surface area (Å²) in [6.45, 7) is 0.541. The van der Waals surface area contributed by atoms with Crippen LogP contribution < -0.4 is 5.73 Å². The maximum Gasteiger partial charge on any atom is 0.0656 e. The van der Waals surface area contributed by atoms with Crippen molar-refractivity contribution < 1.29 is 5.11 Å². The number of nitrogens with two attached hydrogens (primary N) is 1. The number of benzene rings is 1. The molecule has 1 aromatic rings. The fourth-order valence-corrected chi connectivity index (χ4v) is 3.61. The van der Waals surface area contributed by atoms with Gasteiger partial charge in [0.1, 0.15) is 0 Å². The molecule has 0 radical (unpaired) electrons. The molecule has 0 saturated heterocycles. The summed E-state index contributed by atoms with van der Waals surface area (Å²) < 4.78 is 0. The van der Waals surface area contributed by atoms with Gasteiger partial charge in [0, 0.05) is 12.0 Å². The lowest BCUT2D eigenvalue weighted by atomic mass is 9.66. The molecule has 0 aromatic heterocycles. The Morgan fingerprint density at radius 3 is 2.94 bits per heavy atom. The molecule has 100 valence electrons. The van der Waals surface area contributed by atoms with Crippen LogP contribution in [0.5, 0.6) is 0 Å². The Bertz CT molecular complexity index is 396. The molecule has 1 aliphatic carbocycles. The Kier molecular flexibility index (Phi) is 4.71. The monoisotopic (exact) mass is 265 g/mol. The molecule has 2 rings (SSSR count). The zero-order valence-electron chi connectivity index (χ0n) is 11.1. The van der Waals surface area contributed by atoms with Crippen molar-refractivity contribution in [1.29, 1.82) is 0 Å². The topological polar surface area (TPSA) is 46.2 Å². The second-order valence-electron chi connectivity index (χ2n) is 5.17. The predicted octanol–water partition coefficient (Wildman–Crippen LogP) is 2.33. The summed E-state index contributed by atoms with van der Waals surface area (Å²) in [5.74, 6) is 0.991. The van der Waals surface area contributed by atoms with Gasteiger partial charge in [0.2, 0.25) is 0 Å². The maximum absolute atomic E-state index is 10.6. The number of rotatable bonds is 5. The van der Waals surface area contributed by atoms with Crippen LogP contribution in [-0.2, 0) is 11.8 Å². The Hall–Kier alpha value is -0.510. The summed E-state index contributed by atoms with van der Waals surface area (Å²) in [4.78, 5) is 0. The smallest absolute Gasteiger partial charge is 0.0656 e. The molecule has 18 heavy (non-hydrogen) atoms. The fraction of sp³-hybridized carbons (Fsp3) is 0.600. The third-order valence-corrected chi connectivity index (χ3v) is 4.86. The number of fused-ring (bicyclic) bond motifs is 1. The lowest BCUT2D eigenvalue weighted by Crippen LogP contribution is -2.48. The van der Waals surface area contributed by atoms with E-state index in [9.17, 15) is 5.11 Å². The lowest BCUT2D eigenvalue weighted by Gasteiger charge is -2.42. The van der Waals surface area contributed by atoms with E-state index in [1.165, 1.54) is 11.1 Å². The van der Waals surface area contributed by atoms with Crippen LogP contribution in [-0.4, -0.2) is 29.8 Å². The third-order valence-electron chi connectivity index (χ3n) is 4.22. The molecule has 3 heteroatoms. The predicted molar refractivity (Wildman–Crippen MR) is 79.1 cm³/mol. The summed E-state index contributed by atoms with van der Waals surface area (Å²) in [7, 11) is 0. The first-order valence-corrected chi connectivity index (χ1v) is 8.09. The highest BCUT2D eigenvalue weighted by Gasteiger charge is 2.41. The van der Waals surface area contributed by atoms with E-state index in [1.54, 1.807) is 11.8 Å². The van der Waals surface area contributed by atoms with Gasteiger partial charge in [-0.25, -0.2) is 0 Å². The van der Waals surface area contributed by atoms with Crippen LogP contribution in [0.15, 0.2) is 24.3 Å². The second kappa shape index (κ2) is 6.09.